The second-order valence-corrected chi connectivity index (χ2v) is 3.42. The molecule has 0 aromatic heterocycles. The van der Waals surface area contributed by atoms with Gasteiger partial charge in [-0.1, -0.05) is 11.8 Å². The Balaban J connectivity index is 2.61. The normalized spacial score (nSPS) is 10.4. The van der Waals surface area contributed by atoms with E-state index in [1.807, 2.05) is 0 Å². The summed E-state index contributed by atoms with van der Waals surface area (Å²) in [7, 11) is 0. The smallest absolute Gasteiger partial charge is 0.326 e. The summed E-state index contributed by atoms with van der Waals surface area (Å²) in [6.45, 7) is 0.226. The third kappa shape index (κ3) is 5.37. The summed E-state index contributed by atoms with van der Waals surface area (Å²) in [4.78, 5) is 11.0. The van der Waals surface area contributed by atoms with Gasteiger partial charge in [0.25, 0.3) is 0 Å². The Hall–Kier alpha value is -2.00. The van der Waals surface area contributed by atoms with Crippen LogP contribution in [0.15, 0.2) is 24.3 Å². The molecular formula is C12H11F3N2O. The highest BCUT2D eigenvalue weighted by molar-refractivity contribution is 5.91. The molecule has 0 saturated carbocycles. The van der Waals surface area contributed by atoms with Crippen LogP contribution in [-0.4, -0.2) is 18.6 Å². The second kappa shape index (κ2) is 6.07. The van der Waals surface area contributed by atoms with E-state index in [0.717, 1.165) is 0 Å². The van der Waals surface area contributed by atoms with E-state index in [1.54, 1.807) is 12.1 Å². The predicted molar refractivity (Wildman–Crippen MR) is 61.7 cm³/mol. The minimum absolute atomic E-state index is 0.226. The molecule has 3 nitrogen and oxygen atoms in total. The number of halogens is 3. The third-order valence-electron chi connectivity index (χ3n) is 1.86. The number of hydrogen-bond acceptors (Lipinski definition) is 2. The molecule has 0 atom stereocenters. The molecule has 0 unspecified atom stereocenters. The van der Waals surface area contributed by atoms with Crippen molar-refractivity contribution in [3.63, 3.8) is 0 Å². The first kappa shape index (κ1) is 14.1. The van der Waals surface area contributed by atoms with Gasteiger partial charge in [0, 0.05) is 11.3 Å². The van der Waals surface area contributed by atoms with E-state index in [-0.39, 0.29) is 6.54 Å². The Morgan fingerprint density at radius 3 is 2.39 bits per heavy atom. The number of rotatable bonds is 2. The van der Waals surface area contributed by atoms with Gasteiger partial charge < -0.3 is 11.1 Å². The largest absolute Gasteiger partial charge is 0.397 e. The molecule has 1 amide bonds. The molecule has 6 heteroatoms. The molecule has 3 N–H and O–H groups in total. The van der Waals surface area contributed by atoms with Gasteiger partial charge in [-0.05, 0) is 24.3 Å². The van der Waals surface area contributed by atoms with Crippen molar-refractivity contribution in [3.8, 4) is 11.8 Å². The number of nitrogens with two attached hydrogens (primary N) is 1. The SMILES string of the molecule is NCC#Cc1ccc(NC(=O)CC(F)(F)F)cc1. The van der Waals surface area contributed by atoms with Crippen LogP contribution in [0.2, 0.25) is 0 Å². The van der Waals surface area contributed by atoms with E-state index < -0.39 is 18.5 Å². The molecule has 0 fully saturated rings. The van der Waals surface area contributed by atoms with Crippen molar-refractivity contribution in [2.75, 3.05) is 11.9 Å². The van der Waals surface area contributed by atoms with Crippen molar-refractivity contribution in [1.82, 2.24) is 0 Å². The zero-order valence-corrected chi connectivity index (χ0v) is 9.34. The Morgan fingerprint density at radius 2 is 1.89 bits per heavy atom. The standard InChI is InChI=1S/C12H11F3N2O/c13-12(14,15)8-11(18)17-10-5-3-9(4-6-10)2-1-7-16/h3-6H,7-8,16H2,(H,17,18). The van der Waals surface area contributed by atoms with Crippen LogP contribution in [0.5, 0.6) is 0 Å². The van der Waals surface area contributed by atoms with E-state index in [4.69, 9.17) is 5.73 Å². The zero-order valence-electron chi connectivity index (χ0n) is 9.34. The van der Waals surface area contributed by atoms with Gasteiger partial charge in [0.2, 0.25) is 5.91 Å². The minimum Gasteiger partial charge on any atom is -0.326 e. The predicted octanol–water partition coefficient (Wildman–Crippen LogP) is 1.89. The average Bonchev–Trinajstić information content (AvgIpc) is 2.25. The number of anilines is 1. The maximum atomic E-state index is 11.9. The maximum Gasteiger partial charge on any atom is 0.397 e. The zero-order chi connectivity index (χ0) is 13.6. The first-order valence-electron chi connectivity index (χ1n) is 5.06. The molecule has 1 aromatic rings. The molecule has 1 rings (SSSR count). The summed E-state index contributed by atoms with van der Waals surface area (Å²) in [5.41, 5.74) is 6.16. The van der Waals surface area contributed by atoms with Crippen molar-refractivity contribution in [3.05, 3.63) is 29.8 Å². The van der Waals surface area contributed by atoms with E-state index in [2.05, 4.69) is 17.2 Å². The first-order chi connectivity index (χ1) is 8.40. The highest BCUT2D eigenvalue weighted by atomic mass is 19.4. The molecule has 0 aliphatic rings. The van der Waals surface area contributed by atoms with Gasteiger partial charge in [0.05, 0.1) is 6.54 Å². The quantitative estimate of drug-likeness (QED) is 0.794. The Labute approximate surface area is 102 Å². The van der Waals surface area contributed by atoms with Crippen LogP contribution in [0.3, 0.4) is 0 Å². The highest BCUT2D eigenvalue weighted by Gasteiger charge is 2.31. The van der Waals surface area contributed by atoms with Crippen molar-refractivity contribution in [2.24, 2.45) is 5.73 Å². The number of amides is 1. The summed E-state index contributed by atoms with van der Waals surface area (Å²) in [5.74, 6) is 4.30. The van der Waals surface area contributed by atoms with Crippen LogP contribution in [0, 0.1) is 11.8 Å². The lowest BCUT2D eigenvalue weighted by Crippen LogP contribution is -2.21. The van der Waals surface area contributed by atoms with E-state index in [9.17, 15) is 18.0 Å². The van der Waals surface area contributed by atoms with Crippen LogP contribution >= 0.6 is 0 Å². The molecule has 0 aliphatic carbocycles. The van der Waals surface area contributed by atoms with E-state index >= 15 is 0 Å². The lowest BCUT2D eigenvalue weighted by molar-refractivity contribution is -0.150. The summed E-state index contributed by atoms with van der Waals surface area (Å²) >= 11 is 0. The van der Waals surface area contributed by atoms with Gasteiger partial charge in [0.1, 0.15) is 6.42 Å². The molecule has 0 spiro atoms. The number of benzene rings is 1. The fourth-order valence-corrected chi connectivity index (χ4v) is 1.18. The van der Waals surface area contributed by atoms with Crippen molar-refractivity contribution < 1.29 is 18.0 Å². The summed E-state index contributed by atoms with van der Waals surface area (Å²) in [5, 5.41) is 2.15. The Morgan fingerprint density at radius 1 is 1.28 bits per heavy atom. The fraction of sp³-hybridized carbons (Fsp3) is 0.250. The number of nitrogens with one attached hydrogen (secondary N) is 1. The number of hydrogen-bond donors (Lipinski definition) is 2. The maximum absolute atomic E-state index is 11.9. The summed E-state index contributed by atoms with van der Waals surface area (Å²) in [6.07, 6.45) is -6.00. The fourth-order valence-electron chi connectivity index (χ4n) is 1.18. The molecule has 96 valence electrons. The Bertz CT molecular complexity index is 469. The monoisotopic (exact) mass is 256 g/mol. The number of carbonyl (C=O) groups excluding carboxylic acids is 1. The van der Waals surface area contributed by atoms with Crippen LogP contribution in [0.4, 0.5) is 18.9 Å². The van der Waals surface area contributed by atoms with Gasteiger partial charge in [-0.15, -0.1) is 0 Å². The summed E-state index contributed by atoms with van der Waals surface area (Å²) in [6, 6.07) is 6.14. The van der Waals surface area contributed by atoms with Crippen molar-refractivity contribution in [1.29, 1.82) is 0 Å². The Kier molecular flexibility index (Phi) is 4.75. The van der Waals surface area contributed by atoms with Gasteiger partial charge in [-0.2, -0.15) is 13.2 Å². The molecule has 0 saturated heterocycles. The van der Waals surface area contributed by atoms with Crippen molar-refractivity contribution >= 4 is 11.6 Å². The molecule has 0 aliphatic heterocycles. The summed E-state index contributed by atoms with van der Waals surface area (Å²) < 4.78 is 35.8. The molecule has 0 bridgehead atoms. The number of carbonyl (C=O) groups is 1. The lowest BCUT2D eigenvalue weighted by Gasteiger charge is -2.07. The minimum atomic E-state index is -4.50. The third-order valence-corrected chi connectivity index (χ3v) is 1.86. The van der Waals surface area contributed by atoms with Crippen LogP contribution < -0.4 is 11.1 Å². The van der Waals surface area contributed by atoms with Crippen LogP contribution in [-0.2, 0) is 4.79 Å². The lowest BCUT2D eigenvalue weighted by atomic mass is 10.2. The number of alkyl halides is 3. The molecule has 18 heavy (non-hydrogen) atoms. The molecule has 1 aromatic carbocycles. The highest BCUT2D eigenvalue weighted by Crippen LogP contribution is 2.20. The van der Waals surface area contributed by atoms with E-state index in [1.165, 1.54) is 12.1 Å². The molecule has 0 radical (unpaired) electrons. The van der Waals surface area contributed by atoms with Crippen LogP contribution in [0.1, 0.15) is 12.0 Å². The topological polar surface area (TPSA) is 55.1 Å². The first-order valence-corrected chi connectivity index (χ1v) is 5.06. The average molecular weight is 256 g/mol. The van der Waals surface area contributed by atoms with Gasteiger partial charge in [-0.25, -0.2) is 0 Å². The van der Waals surface area contributed by atoms with Gasteiger partial charge in [-0.3, -0.25) is 4.79 Å². The van der Waals surface area contributed by atoms with E-state index in [0.29, 0.717) is 11.3 Å². The van der Waals surface area contributed by atoms with Gasteiger partial charge >= 0.3 is 6.18 Å². The van der Waals surface area contributed by atoms with Crippen molar-refractivity contribution in [2.45, 2.75) is 12.6 Å². The molecule has 0 heterocycles. The molecular weight excluding hydrogens is 245 g/mol. The van der Waals surface area contributed by atoms with Crippen LogP contribution in [0.25, 0.3) is 0 Å². The second-order valence-electron chi connectivity index (χ2n) is 3.42. The van der Waals surface area contributed by atoms with Gasteiger partial charge in [0.15, 0.2) is 0 Å².